The Morgan fingerprint density at radius 3 is 2.89 bits per heavy atom. The summed E-state index contributed by atoms with van der Waals surface area (Å²) in [5.74, 6) is 0.469. The van der Waals surface area contributed by atoms with E-state index in [4.69, 9.17) is 21.1 Å². The molecule has 0 bridgehead atoms. The van der Waals surface area contributed by atoms with Crippen LogP contribution in [0.2, 0.25) is 5.02 Å². The Morgan fingerprint density at radius 1 is 1.39 bits per heavy atom. The molecule has 0 N–H and O–H groups in total. The number of halogens is 2. The van der Waals surface area contributed by atoms with E-state index in [1.165, 1.54) is 0 Å². The van der Waals surface area contributed by atoms with E-state index in [2.05, 4.69) is 25.8 Å². The molecule has 0 aromatic carbocycles. The first-order valence-corrected chi connectivity index (χ1v) is 7.20. The van der Waals surface area contributed by atoms with Gasteiger partial charge in [-0.1, -0.05) is 11.6 Å². The summed E-state index contributed by atoms with van der Waals surface area (Å²) < 4.78 is 12.4. The first kappa shape index (κ1) is 12.7. The molecular weight excluding hydrogens is 320 g/mol. The molecule has 3 heterocycles. The van der Waals surface area contributed by atoms with E-state index in [1.54, 1.807) is 6.20 Å². The third kappa shape index (κ3) is 2.37. The van der Waals surface area contributed by atoms with Gasteiger partial charge in [0.05, 0.1) is 29.3 Å². The van der Waals surface area contributed by atoms with Crippen LogP contribution >= 0.6 is 27.5 Å². The molecule has 0 aliphatic carbocycles. The summed E-state index contributed by atoms with van der Waals surface area (Å²) in [6.45, 7) is 3.05. The minimum atomic E-state index is -0.432. The minimum Gasteiger partial charge on any atom is -0.350 e. The predicted molar refractivity (Wildman–Crippen MR) is 73.0 cm³/mol. The number of hydrogen-bond donors (Lipinski definition) is 0. The zero-order valence-corrected chi connectivity index (χ0v) is 12.2. The maximum atomic E-state index is 5.92. The van der Waals surface area contributed by atoms with Gasteiger partial charge in [-0.05, 0) is 28.4 Å². The highest BCUT2D eigenvalue weighted by Crippen LogP contribution is 2.34. The van der Waals surface area contributed by atoms with E-state index >= 15 is 0 Å². The normalized spacial score (nSPS) is 22.7. The van der Waals surface area contributed by atoms with Crippen LogP contribution in [0.25, 0.3) is 0 Å². The summed E-state index contributed by atoms with van der Waals surface area (Å²) in [7, 11) is 0. The number of anilines is 1. The molecule has 2 saturated heterocycles. The Morgan fingerprint density at radius 2 is 2.17 bits per heavy atom. The Hall–Kier alpha value is -0.360. The van der Waals surface area contributed by atoms with Crippen molar-refractivity contribution in [1.82, 2.24) is 4.98 Å². The average Bonchev–Trinajstić information content (AvgIpc) is 2.77. The predicted octanol–water partition coefficient (Wildman–Crippen LogP) is 2.84. The molecule has 1 spiro atoms. The highest BCUT2D eigenvalue weighted by Gasteiger charge is 2.41. The van der Waals surface area contributed by atoms with Crippen molar-refractivity contribution in [2.24, 2.45) is 0 Å². The Labute approximate surface area is 119 Å². The number of piperidine rings is 1. The van der Waals surface area contributed by atoms with Crippen LogP contribution in [0.1, 0.15) is 12.8 Å². The number of ether oxygens (including phenoxy) is 2. The third-order valence-electron chi connectivity index (χ3n) is 3.32. The van der Waals surface area contributed by atoms with Gasteiger partial charge in [-0.3, -0.25) is 0 Å². The smallest absolute Gasteiger partial charge is 0.186 e. The van der Waals surface area contributed by atoms with Crippen LogP contribution in [0.4, 0.5) is 5.82 Å². The summed E-state index contributed by atoms with van der Waals surface area (Å²) in [6, 6.07) is 1.86. The number of hydrogen-bond acceptors (Lipinski definition) is 4. The van der Waals surface area contributed by atoms with Crippen molar-refractivity contribution in [1.29, 1.82) is 0 Å². The molecule has 98 valence electrons. The van der Waals surface area contributed by atoms with Crippen LogP contribution < -0.4 is 4.90 Å². The molecular formula is C12H14BrClN2O2. The second kappa shape index (κ2) is 4.96. The van der Waals surface area contributed by atoms with Gasteiger partial charge in [0.15, 0.2) is 5.79 Å². The van der Waals surface area contributed by atoms with Crippen molar-refractivity contribution in [2.45, 2.75) is 18.6 Å². The monoisotopic (exact) mass is 332 g/mol. The minimum absolute atomic E-state index is 0.432. The fourth-order valence-corrected chi connectivity index (χ4v) is 3.43. The third-order valence-corrected chi connectivity index (χ3v) is 4.11. The van der Waals surface area contributed by atoms with Gasteiger partial charge in [0.2, 0.25) is 0 Å². The molecule has 0 atom stereocenters. The molecule has 2 aliphatic rings. The van der Waals surface area contributed by atoms with Gasteiger partial charge in [0.25, 0.3) is 0 Å². The highest BCUT2D eigenvalue weighted by atomic mass is 79.9. The van der Waals surface area contributed by atoms with Gasteiger partial charge in [0, 0.05) is 19.2 Å². The first-order valence-electron chi connectivity index (χ1n) is 6.02. The zero-order chi connectivity index (χ0) is 12.6. The lowest BCUT2D eigenvalue weighted by atomic mass is 10.0. The molecule has 0 radical (unpaired) electrons. The second-order valence-electron chi connectivity index (χ2n) is 4.59. The summed E-state index contributed by atoms with van der Waals surface area (Å²) in [6.07, 6.45) is 3.66. The van der Waals surface area contributed by atoms with E-state index < -0.39 is 5.79 Å². The second-order valence-corrected chi connectivity index (χ2v) is 5.88. The van der Waals surface area contributed by atoms with Gasteiger partial charge in [-0.2, -0.15) is 0 Å². The maximum absolute atomic E-state index is 5.92. The topological polar surface area (TPSA) is 34.6 Å². The van der Waals surface area contributed by atoms with Crippen LogP contribution in [-0.2, 0) is 9.47 Å². The first-order chi connectivity index (χ1) is 8.69. The standard InChI is InChI=1S/C12H14BrClN2O2/c13-10-6-9(14)7-15-11(10)16-3-1-2-12(8-16)17-4-5-18-12/h6-7H,1-5,8H2. The van der Waals surface area contributed by atoms with Crippen LogP contribution in [-0.4, -0.2) is 37.1 Å². The van der Waals surface area contributed by atoms with E-state index in [0.29, 0.717) is 18.2 Å². The maximum Gasteiger partial charge on any atom is 0.186 e. The van der Waals surface area contributed by atoms with Crippen molar-refractivity contribution < 1.29 is 9.47 Å². The number of aromatic nitrogens is 1. The van der Waals surface area contributed by atoms with E-state index in [9.17, 15) is 0 Å². The van der Waals surface area contributed by atoms with E-state index in [1.807, 2.05) is 6.07 Å². The SMILES string of the molecule is Clc1cnc(N2CCCC3(C2)OCCO3)c(Br)c1. The lowest BCUT2D eigenvalue weighted by molar-refractivity contribution is -0.161. The molecule has 0 unspecified atom stereocenters. The van der Waals surface area contributed by atoms with E-state index in [0.717, 1.165) is 36.2 Å². The highest BCUT2D eigenvalue weighted by molar-refractivity contribution is 9.10. The van der Waals surface area contributed by atoms with Crippen LogP contribution in [0.3, 0.4) is 0 Å². The molecule has 1 aromatic rings. The number of rotatable bonds is 1. The molecule has 2 aliphatic heterocycles. The molecule has 18 heavy (non-hydrogen) atoms. The van der Waals surface area contributed by atoms with Gasteiger partial charge in [0.1, 0.15) is 5.82 Å². The molecule has 4 nitrogen and oxygen atoms in total. The van der Waals surface area contributed by atoms with Gasteiger partial charge in [-0.25, -0.2) is 4.98 Å². The van der Waals surface area contributed by atoms with Crippen LogP contribution in [0.15, 0.2) is 16.7 Å². The van der Waals surface area contributed by atoms with Crippen molar-refractivity contribution >= 4 is 33.3 Å². The average molecular weight is 334 g/mol. The summed E-state index contributed by atoms with van der Waals surface area (Å²) in [5, 5.41) is 0.630. The molecule has 6 heteroatoms. The van der Waals surface area contributed by atoms with Gasteiger partial charge < -0.3 is 14.4 Å². The fraction of sp³-hybridized carbons (Fsp3) is 0.583. The fourth-order valence-electron chi connectivity index (χ4n) is 2.54. The van der Waals surface area contributed by atoms with Gasteiger partial charge >= 0.3 is 0 Å². The van der Waals surface area contributed by atoms with Gasteiger partial charge in [-0.15, -0.1) is 0 Å². The molecule has 0 amide bonds. The largest absolute Gasteiger partial charge is 0.350 e. The Kier molecular flexibility index (Phi) is 3.49. The molecule has 0 saturated carbocycles. The number of nitrogens with zero attached hydrogens (tertiary/aromatic N) is 2. The van der Waals surface area contributed by atoms with Crippen molar-refractivity contribution in [3.05, 3.63) is 21.8 Å². The van der Waals surface area contributed by atoms with Crippen molar-refractivity contribution in [3.8, 4) is 0 Å². The molecule has 1 aromatic heterocycles. The van der Waals surface area contributed by atoms with Crippen molar-refractivity contribution in [3.63, 3.8) is 0 Å². The Bertz CT molecular complexity index is 452. The zero-order valence-electron chi connectivity index (χ0n) is 9.86. The quantitative estimate of drug-likeness (QED) is 0.791. The summed E-state index contributed by atoms with van der Waals surface area (Å²) >= 11 is 9.43. The molecule has 2 fully saturated rings. The summed E-state index contributed by atoms with van der Waals surface area (Å²) in [5.41, 5.74) is 0. The van der Waals surface area contributed by atoms with E-state index in [-0.39, 0.29) is 0 Å². The lowest BCUT2D eigenvalue weighted by Crippen LogP contribution is -2.49. The Balaban J connectivity index is 1.83. The summed E-state index contributed by atoms with van der Waals surface area (Å²) in [4.78, 5) is 6.58. The van der Waals surface area contributed by atoms with Crippen LogP contribution in [0, 0.1) is 0 Å². The van der Waals surface area contributed by atoms with Crippen LogP contribution in [0.5, 0.6) is 0 Å². The lowest BCUT2D eigenvalue weighted by Gasteiger charge is -2.39. The molecule has 3 rings (SSSR count). The number of pyridine rings is 1. The van der Waals surface area contributed by atoms with Crippen molar-refractivity contribution in [2.75, 3.05) is 31.2 Å².